The number of methoxy groups -OCH3 is 1. The summed E-state index contributed by atoms with van der Waals surface area (Å²) >= 11 is 11.9. The normalized spacial score (nSPS) is 16.4. The summed E-state index contributed by atoms with van der Waals surface area (Å²) in [7, 11) is 1.65. The minimum atomic E-state index is -0.230. The van der Waals surface area contributed by atoms with Gasteiger partial charge in [0.1, 0.15) is 5.75 Å². The molecule has 0 amide bonds. The monoisotopic (exact) mass is 482 g/mol. The zero-order valence-electron chi connectivity index (χ0n) is 19.1. The fourth-order valence-corrected chi connectivity index (χ4v) is 4.38. The van der Waals surface area contributed by atoms with Crippen LogP contribution in [-0.2, 0) is 0 Å². The molecular formula is C25H27ClN4O2S. The van der Waals surface area contributed by atoms with E-state index in [-0.39, 0.29) is 6.04 Å². The highest BCUT2D eigenvalue weighted by molar-refractivity contribution is 7.80. The summed E-state index contributed by atoms with van der Waals surface area (Å²) < 4.78 is 11.1. The van der Waals surface area contributed by atoms with Gasteiger partial charge in [-0.15, -0.1) is 0 Å². The summed E-state index contributed by atoms with van der Waals surface area (Å²) in [5.74, 6) is 2.29. The van der Waals surface area contributed by atoms with Crippen molar-refractivity contribution < 1.29 is 9.26 Å². The molecule has 1 N–H and O–H groups in total. The minimum absolute atomic E-state index is 0.230. The van der Waals surface area contributed by atoms with Gasteiger partial charge in [-0.25, -0.2) is 0 Å². The van der Waals surface area contributed by atoms with Crippen LogP contribution in [0.4, 0.5) is 0 Å². The van der Waals surface area contributed by atoms with E-state index in [1.54, 1.807) is 7.11 Å². The second-order valence-electron chi connectivity index (χ2n) is 8.42. The standard InChI is InChI=1S/C25H27ClN4O2S/c1-15(2)12-13-30-16(3)21(22(27-25(30)33)17-8-10-20(31-4)11-9-17)24-28-23(29-32-24)18-6-5-7-19(26)14-18/h5-11,14-15,22H,12-13H2,1-4H3,(H,27,33). The van der Waals surface area contributed by atoms with E-state index in [1.165, 1.54) is 0 Å². The lowest BCUT2D eigenvalue weighted by Gasteiger charge is -2.37. The number of hydrogen-bond donors (Lipinski definition) is 1. The summed E-state index contributed by atoms with van der Waals surface area (Å²) in [6.45, 7) is 7.28. The zero-order chi connectivity index (χ0) is 23.5. The Morgan fingerprint density at radius 2 is 1.97 bits per heavy atom. The highest BCUT2D eigenvalue weighted by Gasteiger charge is 2.34. The summed E-state index contributed by atoms with van der Waals surface area (Å²) in [5, 5.41) is 9.03. The first-order chi connectivity index (χ1) is 15.9. The maximum Gasteiger partial charge on any atom is 0.258 e. The third-order valence-electron chi connectivity index (χ3n) is 5.71. The van der Waals surface area contributed by atoms with Crippen LogP contribution in [0.15, 0.2) is 58.8 Å². The number of thiocarbonyl (C=S) groups is 1. The van der Waals surface area contributed by atoms with Gasteiger partial charge in [-0.1, -0.05) is 54.9 Å². The van der Waals surface area contributed by atoms with E-state index < -0.39 is 0 Å². The first kappa shape index (κ1) is 23.3. The lowest BCUT2D eigenvalue weighted by molar-refractivity contribution is 0.390. The molecule has 2 heterocycles. The van der Waals surface area contributed by atoms with Gasteiger partial charge in [-0.2, -0.15) is 4.98 Å². The van der Waals surface area contributed by atoms with Crippen LogP contribution in [0.2, 0.25) is 5.02 Å². The highest BCUT2D eigenvalue weighted by atomic mass is 35.5. The summed E-state index contributed by atoms with van der Waals surface area (Å²) in [6, 6.07) is 15.1. The Kier molecular flexibility index (Phi) is 7.00. The molecule has 3 aromatic rings. The van der Waals surface area contributed by atoms with Gasteiger partial charge in [-0.05, 0) is 61.3 Å². The first-order valence-corrected chi connectivity index (χ1v) is 11.7. The number of aromatic nitrogens is 2. The van der Waals surface area contributed by atoms with Crippen LogP contribution in [0.5, 0.6) is 5.75 Å². The Morgan fingerprint density at radius 3 is 2.64 bits per heavy atom. The number of nitrogens with zero attached hydrogens (tertiary/aromatic N) is 3. The predicted octanol–water partition coefficient (Wildman–Crippen LogP) is 6.11. The molecular weight excluding hydrogens is 456 g/mol. The summed E-state index contributed by atoms with van der Waals surface area (Å²) in [6.07, 6.45) is 1.01. The second kappa shape index (κ2) is 9.93. The number of ether oxygens (including phenoxy) is 1. The zero-order valence-corrected chi connectivity index (χ0v) is 20.7. The van der Waals surface area contributed by atoms with Crippen LogP contribution in [0, 0.1) is 5.92 Å². The molecule has 0 fully saturated rings. The number of benzene rings is 2. The van der Waals surface area contributed by atoms with Gasteiger partial charge in [-0.3, -0.25) is 0 Å². The third kappa shape index (κ3) is 5.04. The van der Waals surface area contributed by atoms with Gasteiger partial charge >= 0.3 is 0 Å². The first-order valence-electron chi connectivity index (χ1n) is 10.9. The van der Waals surface area contributed by atoms with Crippen molar-refractivity contribution in [1.82, 2.24) is 20.4 Å². The third-order valence-corrected chi connectivity index (χ3v) is 6.29. The quantitative estimate of drug-likeness (QED) is 0.408. The fraction of sp³-hybridized carbons (Fsp3) is 0.320. The van der Waals surface area contributed by atoms with Crippen molar-refractivity contribution in [2.75, 3.05) is 13.7 Å². The van der Waals surface area contributed by atoms with E-state index in [2.05, 4.69) is 36.1 Å². The molecule has 1 unspecified atom stereocenters. The molecule has 33 heavy (non-hydrogen) atoms. The molecule has 0 spiro atoms. The molecule has 6 nitrogen and oxygen atoms in total. The Labute approximate surface area is 204 Å². The average Bonchev–Trinajstić information content (AvgIpc) is 3.28. The van der Waals surface area contributed by atoms with Crippen molar-refractivity contribution in [3.63, 3.8) is 0 Å². The molecule has 2 aromatic carbocycles. The Morgan fingerprint density at radius 1 is 1.21 bits per heavy atom. The van der Waals surface area contributed by atoms with Gasteiger partial charge in [0.05, 0.1) is 18.7 Å². The molecule has 1 aliphatic heterocycles. The van der Waals surface area contributed by atoms with E-state index in [9.17, 15) is 0 Å². The van der Waals surface area contributed by atoms with Crippen LogP contribution >= 0.6 is 23.8 Å². The van der Waals surface area contributed by atoms with Crippen LogP contribution in [0.1, 0.15) is 44.7 Å². The highest BCUT2D eigenvalue weighted by Crippen LogP contribution is 2.38. The number of halogens is 1. The van der Waals surface area contributed by atoms with E-state index in [4.69, 9.17) is 38.1 Å². The van der Waals surface area contributed by atoms with Gasteiger partial charge in [0.25, 0.3) is 5.89 Å². The SMILES string of the molecule is COc1ccc(C2NC(=S)N(CCC(C)C)C(C)=C2c2nc(-c3cccc(Cl)c3)no2)cc1. The van der Waals surface area contributed by atoms with Crippen LogP contribution in [-0.4, -0.2) is 33.8 Å². The molecule has 8 heteroatoms. The lowest BCUT2D eigenvalue weighted by atomic mass is 9.94. The maximum absolute atomic E-state index is 6.16. The molecule has 1 atom stereocenters. The van der Waals surface area contributed by atoms with E-state index in [0.29, 0.717) is 27.8 Å². The fourth-order valence-electron chi connectivity index (χ4n) is 3.84. The molecule has 4 rings (SSSR count). The predicted molar refractivity (Wildman–Crippen MR) is 135 cm³/mol. The molecule has 0 radical (unpaired) electrons. The summed E-state index contributed by atoms with van der Waals surface area (Å²) in [5.41, 5.74) is 3.73. The van der Waals surface area contributed by atoms with Crippen molar-refractivity contribution >= 4 is 34.5 Å². The topological polar surface area (TPSA) is 63.4 Å². The molecule has 0 saturated carbocycles. The van der Waals surface area contributed by atoms with Gasteiger partial charge in [0, 0.05) is 22.8 Å². The van der Waals surface area contributed by atoms with Crippen molar-refractivity contribution in [2.45, 2.75) is 33.2 Å². The Bertz CT molecular complexity index is 1170. The van der Waals surface area contributed by atoms with Crippen molar-refractivity contribution in [3.8, 4) is 17.1 Å². The van der Waals surface area contributed by atoms with Crippen molar-refractivity contribution in [2.24, 2.45) is 5.92 Å². The second-order valence-corrected chi connectivity index (χ2v) is 9.25. The van der Waals surface area contributed by atoms with Gasteiger partial charge in [0.2, 0.25) is 5.82 Å². The largest absolute Gasteiger partial charge is 0.497 e. The summed E-state index contributed by atoms with van der Waals surface area (Å²) in [4.78, 5) is 6.85. The lowest BCUT2D eigenvalue weighted by Crippen LogP contribution is -2.46. The molecule has 0 aliphatic carbocycles. The number of hydrogen-bond acceptors (Lipinski definition) is 5. The number of allylic oxidation sites excluding steroid dienone is 1. The maximum atomic E-state index is 6.16. The van der Waals surface area contributed by atoms with Gasteiger partial charge < -0.3 is 19.5 Å². The van der Waals surface area contributed by atoms with Crippen LogP contribution in [0.3, 0.4) is 0 Å². The Balaban J connectivity index is 1.78. The minimum Gasteiger partial charge on any atom is -0.497 e. The van der Waals surface area contributed by atoms with E-state index in [0.717, 1.165) is 41.1 Å². The van der Waals surface area contributed by atoms with Crippen molar-refractivity contribution in [3.05, 3.63) is 70.7 Å². The van der Waals surface area contributed by atoms with Crippen LogP contribution in [0.25, 0.3) is 17.0 Å². The molecule has 0 bridgehead atoms. The van der Waals surface area contributed by atoms with Crippen molar-refractivity contribution in [1.29, 1.82) is 0 Å². The average molecular weight is 483 g/mol. The van der Waals surface area contributed by atoms with Gasteiger partial charge in [0.15, 0.2) is 5.11 Å². The van der Waals surface area contributed by atoms with E-state index in [1.807, 2.05) is 48.5 Å². The number of nitrogens with one attached hydrogen (secondary N) is 1. The van der Waals surface area contributed by atoms with Crippen LogP contribution < -0.4 is 10.1 Å². The molecule has 172 valence electrons. The Hall–Kier alpha value is -2.90. The molecule has 1 aliphatic rings. The van der Waals surface area contributed by atoms with E-state index >= 15 is 0 Å². The molecule has 0 saturated heterocycles. The number of rotatable bonds is 7. The smallest absolute Gasteiger partial charge is 0.258 e. The molecule has 1 aromatic heterocycles.